The van der Waals surface area contributed by atoms with Crippen LogP contribution in [0.3, 0.4) is 0 Å². The molecule has 0 saturated carbocycles. The molecule has 2 rings (SSSR count). The highest BCUT2D eigenvalue weighted by atomic mass is 16.5. The van der Waals surface area contributed by atoms with Crippen LogP contribution in [0, 0.1) is 0 Å². The number of nitrogens with two attached hydrogens (primary N) is 1. The molecule has 6 nitrogen and oxygen atoms in total. The fourth-order valence-corrected chi connectivity index (χ4v) is 2.16. The number of hydrogen-bond acceptors (Lipinski definition) is 5. The number of anilines is 2. The number of carbonyl (C=O) groups is 1. The van der Waals surface area contributed by atoms with Gasteiger partial charge in [0.1, 0.15) is 11.4 Å². The van der Waals surface area contributed by atoms with Gasteiger partial charge in [-0.05, 0) is 18.9 Å². The first-order valence-electron chi connectivity index (χ1n) is 5.89. The second kappa shape index (κ2) is 5.22. The lowest BCUT2D eigenvalue weighted by Gasteiger charge is -2.32. The third kappa shape index (κ3) is 2.53. The Morgan fingerprint density at radius 2 is 2.22 bits per heavy atom. The maximum absolute atomic E-state index is 11.2. The molecule has 1 fully saturated rings. The molecule has 6 heteroatoms. The fraction of sp³-hybridized carbons (Fsp3) is 0.500. The minimum atomic E-state index is -1.01. The zero-order chi connectivity index (χ0) is 13.1. The molecule has 1 aliphatic heterocycles. The van der Waals surface area contributed by atoms with Gasteiger partial charge in [0.05, 0.1) is 11.9 Å². The Morgan fingerprint density at radius 3 is 2.83 bits per heavy atom. The van der Waals surface area contributed by atoms with Crippen LogP contribution in [-0.4, -0.2) is 42.4 Å². The lowest BCUT2D eigenvalue weighted by atomic mass is 10.1. The third-order valence-corrected chi connectivity index (χ3v) is 3.19. The van der Waals surface area contributed by atoms with E-state index in [-0.39, 0.29) is 11.6 Å². The minimum absolute atomic E-state index is 0.143. The van der Waals surface area contributed by atoms with Crippen LogP contribution in [0.4, 0.5) is 11.5 Å². The maximum Gasteiger partial charge on any atom is 0.339 e. The molecule has 1 saturated heterocycles. The van der Waals surface area contributed by atoms with Crippen LogP contribution in [0.2, 0.25) is 0 Å². The number of nitrogens with zero attached hydrogens (tertiary/aromatic N) is 2. The summed E-state index contributed by atoms with van der Waals surface area (Å²) in [4.78, 5) is 17.3. The summed E-state index contributed by atoms with van der Waals surface area (Å²) < 4.78 is 5.30. The van der Waals surface area contributed by atoms with Gasteiger partial charge in [0, 0.05) is 26.3 Å². The van der Waals surface area contributed by atoms with Gasteiger partial charge in [0.15, 0.2) is 0 Å². The second-order valence-corrected chi connectivity index (χ2v) is 4.40. The predicted molar refractivity (Wildman–Crippen MR) is 67.9 cm³/mol. The maximum atomic E-state index is 11.2. The van der Waals surface area contributed by atoms with Gasteiger partial charge in [-0.25, -0.2) is 9.78 Å². The van der Waals surface area contributed by atoms with Crippen molar-refractivity contribution in [3.05, 3.63) is 17.8 Å². The summed E-state index contributed by atoms with van der Waals surface area (Å²) in [7, 11) is 1.86. The topological polar surface area (TPSA) is 88.7 Å². The van der Waals surface area contributed by atoms with Crippen LogP contribution in [0.15, 0.2) is 12.3 Å². The summed E-state index contributed by atoms with van der Waals surface area (Å²) in [5, 5.41) is 9.19. The average Bonchev–Trinajstić information content (AvgIpc) is 2.39. The van der Waals surface area contributed by atoms with E-state index < -0.39 is 5.97 Å². The number of carboxylic acids is 1. The molecule has 2 heterocycles. The van der Waals surface area contributed by atoms with Crippen LogP contribution in [0.5, 0.6) is 0 Å². The lowest BCUT2D eigenvalue weighted by Crippen LogP contribution is -2.38. The van der Waals surface area contributed by atoms with E-state index in [0.29, 0.717) is 24.7 Å². The number of pyridine rings is 1. The summed E-state index contributed by atoms with van der Waals surface area (Å²) in [5.41, 5.74) is 6.08. The quantitative estimate of drug-likeness (QED) is 0.832. The Balaban J connectivity index is 2.28. The largest absolute Gasteiger partial charge is 0.478 e. The Kier molecular flexibility index (Phi) is 3.66. The zero-order valence-electron chi connectivity index (χ0n) is 10.3. The first kappa shape index (κ1) is 12.6. The molecule has 0 atom stereocenters. The molecule has 1 aliphatic rings. The highest BCUT2D eigenvalue weighted by Crippen LogP contribution is 2.24. The highest BCUT2D eigenvalue weighted by molar-refractivity contribution is 5.94. The molecule has 0 amide bonds. The van der Waals surface area contributed by atoms with Crippen LogP contribution < -0.4 is 10.6 Å². The number of hydrogen-bond donors (Lipinski definition) is 2. The zero-order valence-corrected chi connectivity index (χ0v) is 10.3. The minimum Gasteiger partial charge on any atom is -0.478 e. The molecule has 0 bridgehead atoms. The second-order valence-electron chi connectivity index (χ2n) is 4.40. The Hall–Kier alpha value is -1.82. The number of aromatic nitrogens is 1. The van der Waals surface area contributed by atoms with Crippen molar-refractivity contribution in [2.24, 2.45) is 0 Å². The van der Waals surface area contributed by atoms with Crippen molar-refractivity contribution in [2.75, 3.05) is 30.9 Å². The van der Waals surface area contributed by atoms with E-state index >= 15 is 0 Å². The molecule has 1 aromatic heterocycles. The number of rotatable bonds is 3. The van der Waals surface area contributed by atoms with Crippen LogP contribution in [0.25, 0.3) is 0 Å². The number of carboxylic acid groups (broad SMARTS) is 1. The monoisotopic (exact) mass is 251 g/mol. The van der Waals surface area contributed by atoms with Crippen LogP contribution in [-0.2, 0) is 4.74 Å². The Morgan fingerprint density at radius 1 is 1.56 bits per heavy atom. The predicted octanol–water partition coefficient (Wildman–Crippen LogP) is 0.977. The van der Waals surface area contributed by atoms with Gasteiger partial charge < -0.3 is 20.5 Å². The van der Waals surface area contributed by atoms with E-state index in [1.807, 2.05) is 11.9 Å². The van der Waals surface area contributed by atoms with Crippen LogP contribution in [0.1, 0.15) is 23.2 Å². The number of aromatic carboxylic acids is 1. The van der Waals surface area contributed by atoms with Gasteiger partial charge in [-0.1, -0.05) is 0 Å². The molecule has 0 aliphatic carbocycles. The summed E-state index contributed by atoms with van der Waals surface area (Å²) >= 11 is 0. The highest BCUT2D eigenvalue weighted by Gasteiger charge is 2.23. The Labute approximate surface area is 105 Å². The van der Waals surface area contributed by atoms with Gasteiger partial charge >= 0.3 is 5.97 Å². The van der Waals surface area contributed by atoms with E-state index in [4.69, 9.17) is 10.5 Å². The molecule has 98 valence electrons. The summed E-state index contributed by atoms with van der Waals surface area (Å²) in [5.74, 6) is -0.549. The van der Waals surface area contributed by atoms with Gasteiger partial charge in [-0.3, -0.25) is 0 Å². The molecule has 0 radical (unpaired) electrons. The van der Waals surface area contributed by atoms with E-state index in [1.54, 1.807) is 0 Å². The summed E-state index contributed by atoms with van der Waals surface area (Å²) in [6.07, 6.45) is 3.24. The molecular formula is C12H17N3O3. The van der Waals surface area contributed by atoms with Crippen molar-refractivity contribution < 1.29 is 14.6 Å². The molecule has 0 unspecified atom stereocenters. The van der Waals surface area contributed by atoms with Crippen molar-refractivity contribution in [3.63, 3.8) is 0 Å². The molecular weight excluding hydrogens is 234 g/mol. The molecule has 0 aromatic carbocycles. The van der Waals surface area contributed by atoms with Gasteiger partial charge in [0.25, 0.3) is 0 Å². The van der Waals surface area contributed by atoms with Gasteiger partial charge in [-0.15, -0.1) is 0 Å². The summed E-state index contributed by atoms with van der Waals surface area (Å²) in [6.45, 7) is 1.40. The van der Waals surface area contributed by atoms with E-state index in [2.05, 4.69) is 4.98 Å². The van der Waals surface area contributed by atoms with E-state index in [0.717, 1.165) is 12.8 Å². The average molecular weight is 251 g/mol. The molecule has 0 spiro atoms. The normalized spacial score (nSPS) is 16.5. The molecule has 1 aromatic rings. The van der Waals surface area contributed by atoms with Crippen molar-refractivity contribution in [1.82, 2.24) is 4.98 Å². The van der Waals surface area contributed by atoms with Crippen LogP contribution >= 0.6 is 0 Å². The lowest BCUT2D eigenvalue weighted by molar-refractivity contribution is 0.0696. The van der Waals surface area contributed by atoms with Gasteiger partial charge in [0.2, 0.25) is 0 Å². The molecule has 18 heavy (non-hydrogen) atoms. The smallest absolute Gasteiger partial charge is 0.339 e. The number of nitrogen functional groups attached to an aromatic ring is 1. The van der Waals surface area contributed by atoms with Crippen molar-refractivity contribution in [2.45, 2.75) is 18.9 Å². The first-order valence-corrected chi connectivity index (χ1v) is 5.89. The molecule has 3 N–H and O–H groups in total. The van der Waals surface area contributed by atoms with E-state index in [9.17, 15) is 9.90 Å². The fourth-order valence-electron chi connectivity index (χ4n) is 2.16. The Bertz CT molecular complexity index is 444. The van der Waals surface area contributed by atoms with Crippen molar-refractivity contribution in [3.8, 4) is 0 Å². The van der Waals surface area contributed by atoms with Gasteiger partial charge in [-0.2, -0.15) is 0 Å². The van der Waals surface area contributed by atoms with Crippen molar-refractivity contribution >= 4 is 17.5 Å². The number of ether oxygens (including phenoxy) is 1. The van der Waals surface area contributed by atoms with E-state index in [1.165, 1.54) is 12.3 Å². The SMILES string of the molecule is CN(c1ncc(N)cc1C(=O)O)C1CCOCC1. The first-order chi connectivity index (χ1) is 8.59. The summed E-state index contributed by atoms with van der Waals surface area (Å²) in [6, 6.07) is 1.70. The third-order valence-electron chi connectivity index (χ3n) is 3.19. The standard InChI is InChI=1S/C12H17N3O3/c1-15(9-2-4-18-5-3-9)11-10(12(16)17)6-8(13)7-14-11/h6-7,9H,2-5,13H2,1H3,(H,16,17). The van der Waals surface area contributed by atoms with Crippen molar-refractivity contribution in [1.29, 1.82) is 0 Å².